The number of nitrogens with two attached hydrogens (primary N) is 1. The van der Waals surface area contributed by atoms with Gasteiger partial charge in [-0.2, -0.15) is 0 Å². The summed E-state index contributed by atoms with van der Waals surface area (Å²) in [5, 5.41) is 8.53. The van der Waals surface area contributed by atoms with Crippen LogP contribution in [0.3, 0.4) is 0 Å². The van der Waals surface area contributed by atoms with Gasteiger partial charge < -0.3 is 10.8 Å². The molecule has 0 saturated carbocycles. The van der Waals surface area contributed by atoms with Crippen LogP contribution >= 0.6 is 0 Å². The van der Waals surface area contributed by atoms with Crippen molar-refractivity contribution in [2.75, 3.05) is 0 Å². The SMILES string of the molecule is CCc1ccc(F)c(C(N)CCC(=O)O)c1. The second-order valence-corrected chi connectivity index (χ2v) is 3.75. The van der Waals surface area contributed by atoms with Crippen molar-refractivity contribution in [1.29, 1.82) is 0 Å². The van der Waals surface area contributed by atoms with E-state index in [1.54, 1.807) is 12.1 Å². The molecule has 0 aliphatic carbocycles. The molecule has 0 heterocycles. The first-order valence-electron chi connectivity index (χ1n) is 5.30. The summed E-state index contributed by atoms with van der Waals surface area (Å²) in [6, 6.07) is 4.25. The van der Waals surface area contributed by atoms with Gasteiger partial charge in [-0.15, -0.1) is 0 Å². The van der Waals surface area contributed by atoms with E-state index in [0.29, 0.717) is 5.56 Å². The van der Waals surface area contributed by atoms with Crippen LogP contribution in [0.1, 0.15) is 36.9 Å². The standard InChI is InChI=1S/C12H16FNO2/c1-2-8-3-4-10(13)9(7-8)11(14)5-6-12(15)16/h3-4,7,11H,2,5-6,14H2,1H3,(H,15,16). The van der Waals surface area contributed by atoms with Gasteiger partial charge in [-0.1, -0.05) is 19.1 Å². The summed E-state index contributed by atoms with van der Waals surface area (Å²) in [5.74, 6) is -1.28. The fraction of sp³-hybridized carbons (Fsp3) is 0.417. The molecule has 0 spiro atoms. The lowest BCUT2D eigenvalue weighted by atomic mass is 9.99. The number of halogens is 1. The Hall–Kier alpha value is -1.42. The number of carboxylic acids is 1. The number of benzene rings is 1. The predicted octanol–water partition coefficient (Wildman–Crippen LogP) is 2.25. The molecule has 1 aromatic rings. The Morgan fingerprint density at radius 3 is 2.81 bits per heavy atom. The average molecular weight is 225 g/mol. The van der Waals surface area contributed by atoms with E-state index in [2.05, 4.69) is 0 Å². The van der Waals surface area contributed by atoms with Gasteiger partial charge in [0.1, 0.15) is 5.82 Å². The zero-order chi connectivity index (χ0) is 12.1. The Balaban J connectivity index is 2.80. The third-order valence-electron chi connectivity index (χ3n) is 2.54. The van der Waals surface area contributed by atoms with Gasteiger partial charge in [0, 0.05) is 18.0 Å². The molecule has 1 rings (SSSR count). The van der Waals surface area contributed by atoms with Crippen molar-refractivity contribution >= 4 is 5.97 Å². The van der Waals surface area contributed by atoms with Crippen molar-refractivity contribution in [1.82, 2.24) is 0 Å². The van der Waals surface area contributed by atoms with Crippen LogP contribution in [0.25, 0.3) is 0 Å². The van der Waals surface area contributed by atoms with E-state index < -0.39 is 12.0 Å². The maximum atomic E-state index is 13.5. The van der Waals surface area contributed by atoms with E-state index >= 15 is 0 Å². The first kappa shape index (κ1) is 12.6. The first-order chi connectivity index (χ1) is 7.54. The molecule has 0 fully saturated rings. The lowest BCUT2D eigenvalue weighted by Gasteiger charge is -2.13. The number of aliphatic carboxylic acids is 1. The monoisotopic (exact) mass is 225 g/mol. The summed E-state index contributed by atoms with van der Waals surface area (Å²) in [4.78, 5) is 10.4. The second kappa shape index (κ2) is 5.61. The number of hydrogen-bond acceptors (Lipinski definition) is 2. The van der Waals surface area contributed by atoms with E-state index in [4.69, 9.17) is 10.8 Å². The van der Waals surface area contributed by atoms with Crippen LogP contribution in [-0.2, 0) is 11.2 Å². The van der Waals surface area contributed by atoms with Crippen LogP contribution in [0.4, 0.5) is 4.39 Å². The number of rotatable bonds is 5. The maximum Gasteiger partial charge on any atom is 0.303 e. The van der Waals surface area contributed by atoms with Crippen molar-refractivity contribution in [2.45, 2.75) is 32.2 Å². The average Bonchev–Trinajstić information content (AvgIpc) is 2.26. The molecule has 4 heteroatoms. The Kier molecular flexibility index (Phi) is 4.43. The van der Waals surface area contributed by atoms with E-state index in [9.17, 15) is 9.18 Å². The Labute approximate surface area is 94.1 Å². The van der Waals surface area contributed by atoms with Crippen molar-refractivity contribution in [3.8, 4) is 0 Å². The minimum Gasteiger partial charge on any atom is -0.481 e. The highest BCUT2D eigenvalue weighted by molar-refractivity contribution is 5.66. The molecule has 0 bridgehead atoms. The molecule has 3 nitrogen and oxygen atoms in total. The third-order valence-corrected chi connectivity index (χ3v) is 2.54. The number of hydrogen-bond donors (Lipinski definition) is 2. The summed E-state index contributed by atoms with van der Waals surface area (Å²) >= 11 is 0. The van der Waals surface area contributed by atoms with Crippen LogP contribution in [0.15, 0.2) is 18.2 Å². The molecular formula is C12H16FNO2. The molecule has 0 aliphatic heterocycles. The molecular weight excluding hydrogens is 209 g/mol. The maximum absolute atomic E-state index is 13.5. The van der Waals surface area contributed by atoms with Gasteiger partial charge in [-0.25, -0.2) is 4.39 Å². The summed E-state index contributed by atoms with van der Waals surface area (Å²) in [6.45, 7) is 1.97. The van der Waals surface area contributed by atoms with Gasteiger partial charge in [0.05, 0.1) is 0 Å². The number of carbonyl (C=O) groups is 1. The molecule has 0 aliphatic rings. The molecule has 1 aromatic carbocycles. The van der Waals surface area contributed by atoms with Gasteiger partial charge in [0.15, 0.2) is 0 Å². The molecule has 0 aromatic heterocycles. The van der Waals surface area contributed by atoms with Crippen LogP contribution in [0, 0.1) is 5.82 Å². The molecule has 1 unspecified atom stereocenters. The molecule has 0 saturated heterocycles. The summed E-state index contributed by atoms with van der Waals surface area (Å²) in [6.07, 6.45) is 1.01. The molecule has 3 N–H and O–H groups in total. The topological polar surface area (TPSA) is 63.3 Å². The Bertz CT molecular complexity index is 379. The van der Waals surface area contributed by atoms with Crippen molar-refractivity contribution < 1.29 is 14.3 Å². The van der Waals surface area contributed by atoms with E-state index in [-0.39, 0.29) is 18.7 Å². The highest BCUT2D eigenvalue weighted by Gasteiger charge is 2.13. The first-order valence-corrected chi connectivity index (χ1v) is 5.30. The van der Waals surface area contributed by atoms with Gasteiger partial charge >= 0.3 is 5.97 Å². The molecule has 0 radical (unpaired) electrons. The number of carboxylic acid groups (broad SMARTS) is 1. The third kappa shape index (κ3) is 3.31. The minimum atomic E-state index is -0.914. The highest BCUT2D eigenvalue weighted by Crippen LogP contribution is 2.21. The fourth-order valence-electron chi connectivity index (χ4n) is 1.53. The van der Waals surface area contributed by atoms with Crippen LogP contribution in [0.5, 0.6) is 0 Å². The van der Waals surface area contributed by atoms with Crippen molar-refractivity contribution in [3.05, 3.63) is 35.1 Å². The molecule has 88 valence electrons. The normalized spacial score (nSPS) is 12.4. The predicted molar refractivity (Wildman–Crippen MR) is 59.6 cm³/mol. The lowest BCUT2D eigenvalue weighted by Crippen LogP contribution is -2.14. The van der Waals surface area contributed by atoms with Crippen molar-refractivity contribution in [2.24, 2.45) is 5.73 Å². The molecule has 0 amide bonds. The summed E-state index contributed by atoms with van der Waals surface area (Å²) in [7, 11) is 0. The van der Waals surface area contributed by atoms with Gasteiger partial charge in [-0.3, -0.25) is 4.79 Å². The Morgan fingerprint density at radius 1 is 1.56 bits per heavy atom. The van der Waals surface area contributed by atoms with Crippen LogP contribution in [-0.4, -0.2) is 11.1 Å². The van der Waals surface area contributed by atoms with E-state index in [0.717, 1.165) is 12.0 Å². The van der Waals surface area contributed by atoms with Crippen LogP contribution in [0.2, 0.25) is 0 Å². The van der Waals surface area contributed by atoms with Gasteiger partial charge in [0.25, 0.3) is 0 Å². The lowest BCUT2D eigenvalue weighted by molar-refractivity contribution is -0.137. The van der Waals surface area contributed by atoms with E-state index in [1.165, 1.54) is 6.07 Å². The number of aryl methyl sites for hydroxylation is 1. The Morgan fingerprint density at radius 2 is 2.25 bits per heavy atom. The van der Waals surface area contributed by atoms with Gasteiger partial charge in [-0.05, 0) is 24.5 Å². The smallest absolute Gasteiger partial charge is 0.303 e. The minimum absolute atomic E-state index is 0.0447. The molecule has 16 heavy (non-hydrogen) atoms. The second-order valence-electron chi connectivity index (χ2n) is 3.75. The van der Waals surface area contributed by atoms with Crippen LogP contribution < -0.4 is 5.73 Å². The van der Waals surface area contributed by atoms with Gasteiger partial charge in [0.2, 0.25) is 0 Å². The zero-order valence-electron chi connectivity index (χ0n) is 9.24. The quantitative estimate of drug-likeness (QED) is 0.807. The highest BCUT2D eigenvalue weighted by atomic mass is 19.1. The fourth-order valence-corrected chi connectivity index (χ4v) is 1.53. The van der Waals surface area contributed by atoms with E-state index in [1.807, 2.05) is 6.92 Å². The summed E-state index contributed by atoms with van der Waals surface area (Å²) in [5.41, 5.74) is 7.17. The van der Waals surface area contributed by atoms with Crippen molar-refractivity contribution in [3.63, 3.8) is 0 Å². The largest absolute Gasteiger partial charge is 0.481 e. The zero-order valence-corrected chi connectivity index (χ0v) is 9.24. The summed E-state index contributed by atoms with van der Waals surface area (Å²) < 4.78 is 13.5. The molecule has 1 atom stereocenters.